The van der Waals surface area contributed by atoms with Crippen LogP contribution in [0.1, 0.15) is 15.9 Å². The minimum atomic E-state index is -0.361. The Morgan fingerprint density at radius 3 is 2.65 bits per heavy atom. The Morgan fingerprint density at radius 1 is 1.15 bits per heavy atom. The molecular weight excluding hydrogens is 270 g/mol. The van der Waals surface area contributed by atoms with Gasteiger partial charge in [0, 0.05) is 16.3 Å². The molecule has 0 atom stereocenters. The average molecular weight is 287 g/mol. The number of rotatable bonds is 5. The van der Waals surface area contributed by atoms with Gasteiger partial charge in [0.25, 0.3) is 0 Å². The molecule has 0 saturated carbocycles. The lowest BCUT2D eigenvalue weighted by atomic mass is 10.1. The van der Waals surface area contributed by atoms with Crippen LogP contribution in [-0.4, -0.2) is 18.3 Å². The fraction of sp³-hybridized carbons (Fsp3) is 0.188. The van der Waals surface area contributed by atoms with E-state index in [0.717, 1.165) is 11.3 Å². The van der Waals surface area contributed by atoms with Crippen LogP contribution in [0.3, 0.4) is 0 Å². The molecule has 20 heavy (non-hydrogen) atoms. The van der Waals surface area contributed by atoms with E-state index in [0.29, 0.717) is 17.9 Å². The number of nitrogens with two attached hydrogens (primary N) is 1. The summed E-state index contributed by atoms with van der Waals surface area (Å²) < 4.78 is 5.25. The first-order chi connectivity index (χ1) is 9.68. The zero-order chi connectivity index (χ0) is 14.4. The molecule has 2 rings (SSSR count). The highest BCUT2D eigenvalue weighted by Gasteiger charge is 2.11. The molecule has 4 heteroatoms. The van der Waals surface area contributed by atoms with Gasteiger partial charge >= 0.3 is 5.97 Å². The third kappa shape index (κ3) is 3.78. The molecule has 0 aromatic heterocycles. The average Bonchev–Trinajstić information content (AvgIpc) is 2.47. The number of carbonyl (C=O) groups excluding carboxylic acids is 1. The van der Waals surface area contributed by atoms with Crippen molar-refractivity contribution in [3.05, 3.63) is 59.7 Å². The van der Waals surface area contributed by atoms with Crippen LogP contribution in [0, 0.1) is 6.92 Å². The lowest BCUT2D eigenvalue weighted by molar-refractivity contribution is 0.0531. The van der Waals surface area contributed by atoms with Gasteiger partial charge in [0.1, 0.15) is 6.61 Å². The van der Waals surface area contributed by atoms with Crippen LogP contribution in [-0.2, 0) is 4.74 Å². The van der Waals surface area contributed by atoms with Crippen molar-refractivity contribution in [3.8, 4) is 0 Å². The first-order valence-corrected chi connectivity index (χ1v) is 7.37. The number of carbonyl (C=O) groups is 1. The van der Waals surface area contributed by atoms with Crippen molar-refractivity contribution < 1.29 is 9.53 Å². The lowest BCUT2D eigenvalue weighted by Gasteiger charge is -2.08. The smallest absolute Gasteiger partial charge is 0.340 e. The number of hydrogen-bond donors (Lipinski definition) is 1. The second kappa shape index (κ2) is 7.01. The van der Waals surface area contributed by atoms with Gasteiger partial charge in [-0.1, -0.05) is 30.3 Å². The second-order valence-electron chi connectivity index (χ2n) is 4.33. The first-order valence-electron chi connectivity index (χ1n) is 6.38. The molecule has 0 heterocycles. The number of benzene rings is 2. The van der Waals surface area contributed by atoms with E-state index in [9.17, 15) is 4.79 Å². The highest BCUT2D eigenvalue weighted by atomic mass is 32.2. The molecule has 0 radical (unpaired) electrons. The normalized spacial score (nSPS) is 10.2. The number of ether oxygens (including phenoxy) is 1. The summed E-state index contributed by atoms with van der Waals surface area (Å²) in [5, 5.41) is 0. The molecular formula is C16H17NO2S. The zero-order valence-corrected chi connectivity index (χ0v) is 12.2. The fourth-order valence-corrected chi connectivity index (χ4v) is 2.50. The molecule has 0 unspecified atom stereocenters. The van der Waals surface area contributed by atoms with Gasteiger partial charge in [0.15, 0.2) is 0 Å². The summed E-state index contributed by atoms with van der Waals surface area (Å²) in [5.74, 6) is 0.362. The maximum atomic E-state index is 11.9. The third-order valence-electron chi connectivity index (χ3n) is 2.87. The van der Waals surface area contributed by atoms with Crippen LogP contribution in [0.5, 0.6) is 0 Å². The summed E-state index contributed by atoms with van der Waals surface area (Å²) in [5.41, 5.74) is 7.69. The number of hydrogen-bond acceptors (Lipinski definition) is 4. The number of para-hydroxylation sites is 1. The van der Waals surface area contributed by atoms with Gasteiger partial charge in [0.05, 0.1) is 5.56 Å². The molecule has 0 fully saturated rings. The summed E-state index contributed by atoms with van der Waals surface area (Å²) in [6, 6.07) is 15.4. The van der Waals surface area contributed by atoms with Crippen molar-refractivity contribution in [2.45, 2.75) is 11.8 Å². The Hall–Kier alpha value is -1.94. The van der Waals surface area contributed by atoms with Crippen molar-refractivity contribution >= 4 is 23.4 Å². The SMILES string of the molecule is Cc1cccc(C(=O)OCCSc2ccccc2)c1N. The van der Waals surface area contributed by atoms with Crippen molar-refractivity contribution in [1.82, 2.24) is 0 Å². The lowest BCUT2D eigenvalue weighted by Crippen LogP contribution is -2.11. The Balaban J connectivity index is 1.82. The van der Waals surface area contributed by atoms with E-state index in [4.69, 9.17) is 10.5 Å². The van der Waals surface area contributed by atoms with Crippen LogP contribution >= 0.6 is 11.8 Å². The molecule has 2 N–H and O–H groups in total. The minimum absolute atomic E-state index is 0.361. The number of thioether (sulfide) groups is 1. The largest absolute Gasteiger partial charge is 0.461 e. The van der Waals surface area contributed by atoms with Crippen LogP contribution in [0.15, 0.2) is 53.4 Å². The van der Waals surface area contributed by atoms with Gasteiger partial charge in [-0.25, -0.2) is 4.79 Å². The number of aryl methyl sites for hydroxylation is 1. The van der Waals surface area contributed by atoms with Gasteiger partial charge < -0.3 is 10.5 Å². The van der Waals surface area contributed by atoms with Gasteiger partial charge in [-0.15, -0.1) is 11.8 Å². The van der Waals surface area contributed by atoms with E-state index in [-0.39, 0.29) is 5.97 Å². The molecule has 0 aliphatic heterocycles. The molecule has 0 saturated heterocycles. The Labute approximate surface area is 123 Å². The molecule has 104 valence electrons. The summed E-state index contributed by atoms with van der Waals surface area (Å²) in [6.45, 7) is 2.24. The molecule has 0 bridgehead atoms. The number of anilines is 1. The van der Waals surface area contributed by atoms with Crippen LogP contribution in [0.4, 0.5) is 5.69 Å². The molecule has 0 amide bonds. The van der Waals surface area contributed by atoms with Gasteiger partial charge in [-0.3, -0.25) is 0 Å². The van der Waals surface area contributed by atoms with Crippen LogP contribution in [0.2, 0.25) is 0 Å². The predicted molar refractivity (Wildman–Crippen MR) is 83.0 cm³/mol. The quantitative estimate of drug-likeness (QED) is 0.395. The minimum Gasteiger partial charge on any atom is -0.461 e. The molecule has 0 spiro atoms. The topological polar surface area (TPSA) is 52.3 Å². The van der Waals surface area contributed by atoms with E-state index < -0.39 is 0 Å². The Morgan fingerprint density at radius 2 is 1.90 bits per heavy atom. The standard InChI is InChI=1S/C16H17NO2S/c1-12-6-5-9-14(15(12)17)16(18)19-10-11-20-13-7-3-2-4-8-13/h2-9H,10-11,17H2,1H3. The highest BCUT2D eigenvalue weighted by Crippen LogP contribution is 2.19. The first kappa shape index (κ1) is 14.5. The maximum Gasteiger partial charge on any atom is 0.340 e. The molecule has 2 aromatic carbocycles. The van der Waals surface area contributed by atoms with Gasteiger partial charge in [0.2, 0.25) is 0 Å². The van der Waals surface area contributed by atoms with E-state index in [2.05, 4.69) is 0 Å². The van der Waals surface area contributed by atoms with Crippen molar-refractivity contribution in [2.24, 2.45) is 0 Å². The van der Waals surface area contributed by atoms with Crippen molar-refractivity contribution in [3.63, 3.8) is 0 Å². The van der Waals surface area contributed by atoms with Gasteiger partial charge in [-0.2, -0.15) is 0 Å². The maximum absolute atomic E-state index is 11.9. The highest BCUT2D eigenvalue weighted by molar-refractivity contribution is 7.99. The van der Waals surface area contributed by atoms with Crippen LogP contribution < -0.4 is 5.73 Å². The van der Waals surface area contributed by atoms with E-state index in [1.165, 1.54) is 4.90 Å². The molecule has 2 aromatic rings. The predicted octanol–water partition coefficient (Wildman–Crippen LogP) is 3.53. The molecule has 3 nitrogen and oxygen atoms in total. The second-order valence-corrected chi connectivity index (χ2v) is 5.50. The summed E-state index contributed by atoms with van der Waals surface area (Å²) in [7, 11) is 0. The molecule has 0 aliphatic rings. The number of nitrogen functional groups attached to an aromatic ring is 1. The monoisotopic (exact) mass is 287 g/mol. The summed E-state index contributed by atoms with van der Waals surface area (Å²) in [4.78, 5) is 13.1. The van der Waals surface area contributed by atoms with Crippen molar-refractivity contribution in [1.29, 1.82) is 0 Å². The Bertz CT molecular complexity index is 584. The molecule has 0 aliphatic carbocycles. The fourth-order valence-electron chi connectivity index (χ4n) is 1.75. The third-order valence-corrected chi connectivity index (χ3v) is 3.85. The van der Waals surface area contributed by atoms with Crippen molar-refractivity contribution in [2.75, 3.05) is 18.1 Å². The van der Waals surface area contributed by atoms with E-state index in [1.807, 2.05) is 43.3 Å². The summed E-state index contributed by atoms with van der Waals surface area (Å²) >= 11 is 1.66. The Kier molecular flexibility index (Phi) is 5.07. The number of esters is 1. The van der Waals surface area contributed by atoms with Gasteiger partial charge in [-0.05, 0) is 30.7 Å². The van der Waals surface area contributed by atoms with Crippen LogP contribution in [0.25, 0.3) is 0 Å². The van der Waals surface area contributed by atoms with E-state index >= 15 is 0 Å². The zero-order valence-electron chi connectivity index (χ0n) is 11.3. The van der Waals surface area contributed by atoms with E-state index in [1.54, 1.807) is 23.9 Å². The summed E-state index contributed by atoms with van der Waals surface area (Å²) in [6.07, 6.45) is 0.